The maximum atomic E-state index is 12.9. The third kappa shape index (κ3) is 7.68. The Kier molecular flexibility index (Phi) is 9.93. The first kappa shape index (κ1) is 27.0. The van der Waals surface area contributed by atoms with Crippen LogP contribution in [-0.4, -0.2) is 48.7 Å². The minimum absolute atomic E-state index is 0.0431. The molecule has 1 fully saturated rings. The lowest BCUT2D eigenvalue weighted by Gasteiger charge is -2.13. The molecule has 0 spiro atoms. The number of ether oxygens (including phenoxy) is 1. The summed E-state index contributed by atoms with van der Waals surface area (Å²) in [5, 5.41) is 3.68. The fraction of sp³-hybridized carbons (Fsp3) is 0.375. The number of carbonyl (C=O) groups is 2. The zero-order chi connectivity index (χ0) is 25.3. The maximum absolute atomic E-state index is 12.9. The van der Waals surface area contributed by atoms with E-state index in [1.807, 2.05) is 0 Å². The molecule has 0 aliphatic carbocycles. The smallest absolute Gasteiger partial charge is 0.294 e. The third-order valence-electron chi connectivity index (χ3n) is 5.05. The summed E-state index contributed by atoms with van der Waals surface area (Å²) in [5.74, 6) is -0.00380. The predicted molar refractivity (Wildman–Crippen MR) is 142 cm³/mol. The van der Waals surface area contributed by atoms with Gasteiger partial charge in [-0.3, -0.25) is 14.5 Å². The molecule has 0 bridgehead atoms. The van der Waals surface area contributed by atoms with Crippen molar-refractivity contribution in [3.05, 3.63) is 54.4 Å². The molecule has 1 aromatic carbocycles. The number of anilines is 1. The van der Waals surface area contributed by atoms with E-state index in [9.17, 15) is 18.0 Å². The number of thiophene rings is 1. The van der Waals surface area contributed by atoms with E-state index in [4.69, 9.17) is 4.74 Å². The number of carbonyl (C=O) groups excluding carboxylic acids is 2. The van der Waals surface area contributed by atoms with Crippen molar-refractivity contribution in [3.8, 4) is 5.75 Å². The van der Waals surface area contributed by atoms with Crippen LogP contribution in [0.25, 0.3) is 0 Å². The van der Waals surface area contributed by atoms with Gasteiger partial charge in [-0.25, -0.2) is 0 Å². The van der Waals surface area contributed by atoms with E-state index < -0.39 is 15.3 Å². The minimum Gasteiger partial charge on any atom is -0.494 e. The first-order valence-corrected chi connectivity index (χ1v) is 14.5. The summed E-state index contributed by atoms with van der Waals surface area (Å²) in [4.78, 5) is 26.7. The largest absolute Gasteiger partial charge is 0.494 e. The molecular formula is C24H29N3O5S3. The maximum Gasteiger partial charge on any atom is 0.294 e. The summed E-state index contributed by atoms with van der Waals surface area (Å²) >= 11 is 2.02. The quantitative estimate of drug-likeness (QED) is 0.289. The molecule has 1 atom stereocenters. The number of sulfonamides is 1. The minimum atomic E-state index is -3.95. The standard InChI is InChI=1S/C24H29N3O5S3/c1-3-5-6-7-15-32-19-12-10-18(11-13-19)25-21(28)17-20-23(29)27(14-4-2)24(34-20)26-35(30,31)22-9-8-16-33-22/h4,8-13,16,20H,2-3,5-7,14-15,17H2,1H3,(H,25,28). The molecule has 0 radical (unpaired) electrons. The second-order valence-electron chi connectivity index (χ2n) is 7.81. The fourth-order valence-corrected chi connectivity index (χ4v) is 6.63. The Morgan fingerprint density at radius 1 is 1.23 bits per heavy atom. The first-order chi connectivity index (χ1) is 16.8. The van der Waals surface area contributed by atoms with Gasteiger partial charge in [0.15, 0.2) is 5.17 Å². The summed E-state index contributed by atoms with van der Waals surface area (Å²) in [7, 11) is -3.95. The molecule has 1 aliphatic rings. The van der Waals surface area contributed by atoms with Gasteiger partial charge in [-0.15, -0.1) is 22.3 Å². The molecule has 2 aromatic rings. The van der Waals surface area contributed by atoms with Gasteiger partial charge in [0.2, 0.25) is 11.8 Å². The van der Waals surface area contributed by atoms with E-state index in [0.29, 0.717) is 12.3 Å². The van der Waals surface area contributed by atoms with Crippen LogP contribution in [0.15, 0.2) is 63.0 Å². The highest BCUT2D eigenvalue weighted by atomic mass is 32.2. The Balaban J connectivity index is 1.59. The summed E-state index contributed by atoms with van der Waals surface area (Å²) < 4.78 is 34.8. The number of amides is 2. The molecule has 1 aliphatic heterocycles. The van der Waals surface area contributed by atoms with Gasteiger partial charge in [-0.1, -0.05) is 50.1 Å². The van der Waals surface area contributed by atoms with Crippen LogP contribution in [-0.2, 0) is 19.6 Å². The number of hydrogen-bond acceptors (Lipinski definition) is 7. The van der Waals surface area contributed by atoms with Gasteiger partial charge in [-0.2, -0.15) is 8.42 Å². The Bertz CT molecular complexity index is 1150. The number of unbranched alkanes of at least 4 members (excludes halogenated alkanes) is 3. The van der Waals surface area contributed by atoms with Crippen LogP contribution in [0, 0.1) is 0 Å². The zero-order valence-corrected chi connectivity index (χ0v) is 22.0. The highest BCUT2D eigenvalue weighted by Crippen LogP contribution is 2.32. The number of nitrogens with one attached hydrogen (secondary N) is 1. The summed E-state index contributed by atoms with van der Waals surface area (Å²) in [6, 6.07) is 10.1. The van der Waals surface area contributed by atoms with Crippen molar-refractivity contribution in [2.24, 2.45) is 4.40 Å². The van der Waals surface area contributed by atoms with E-state index in [2.05, 4.69) is 23.2 Å². The highest BCUT2D eigenvalue weighted by molar-refractivity contribution is 8.16. The lowest BCUT2D eigenvalue weighted by atomic mass is 10.2. The molecule has 35 heavy (non-hydrogen) atoms. The molecule has 0 saturated carbocycles. The van der Waals surface area contributed by atoms with Crippen LogP contribution >= 0.6 is 23.1 Å². The van der Waals surface area contributed by atoms with E-state index in [-0.39, 0.29) is 34.2 Å². The lowest BCUT2D eigenvalue weighted by molar-refractivity contribution is -0.127. The van der Waals surface area contributed by atoms with Gasteiger partial charge < -0.3 is 10.1 Å². The molecule has 8 nitrogen and oxygen atoms in total. The molecular weight excluding hydrogens is 506 g/mol. The highest BCUT2D eigenvalue weighted by Gasteiger charge is 2.39. The van der Waals surface area contributed by atoms with Crippen LogP contribution in [0.3, 0.4) is 0 Å². The van der Waals surface area contributed by atoms with Crippen LogP contribution in [0.5, 0.6) is 5.75 Å². The lowest BCUT2D eigenvalue weighted by Crippen LogP contribution is -2.33. The molecule has 1 aromatic heterocycles. The number of hydrogen-bond donors (Lipinski definition) is 1. The average molecular weight is 536 g/mol. The first-order valence-electron chi connectivity index (χ1n) is 11.3. The topological polar surface area (TPSA) is 105 Å². The SMILES string of the molecule is C=CCN1C(=O)C(CC(=O)Nc2ccc(OCCCCCC)cc2)SC1=NS(=O)(=O)c1cccs1. The summed E-state index contributed by atoms with van der Waals surface area (Å²) in [6.07, 6.45) is 5.88. The summed E-state index contributed by atoms with van der Waals surface area (Å²) in [5.41, 5.74) is 0.584. The van der Waals surface area contributed by atoms with Gasteiger partial charge in [0.05, 0.1) is 6.61 Å². The number of rotatable bonds is 13. The molecule has 1 N–H and O–H groups in total. The number of nitrogens with zero attached hydrogens (tertiary/aromatic N) is 2. The fourth-order valence-electron chi connectivity index (χ4n) is 3.30. The zero-order valence-electron chi connectivity index (χ0n) is 19.5. The molecule has 1 saturated heterocycles. The second-order valence-corrected chi connectivity index (χ2v) is 11.8. The Hall–Kier alpha value is -2.63. The van der Waals surface area contributed by atoms with E-state index in [1.54, 1.807) is 35.7 Å². The Morgan fingerprint density at radius 2 is 2.00 bits per heavy atom. The van der Waals surface area contributed by atoms with Crippen molar-refractivity contribution in [2.75, 3.05) is 18.5 Å². The normalized spacial score (nSPS) is 17.1. The van der Waals surface area contributed by atoms with Crippen molar-refractivity contribution >= 4 is 55.8 Å². The van der Waals surface area contributed by atoms with Gasteiger partial charge in [0.25, 0.3) is 10.0 Å². The number of amidine groups is 1. The van der Waals surface area contributed by atoms with Crippen molar-refractivity contribution in [1.82, 2.24) is 4.90 Å². The van der Waals surface area contributed by atoms with E-state index >= 15 is 0 Å². The molecule has 1 unspecified atom stereocenters. The third-order valence-corrected chi connectivity index (χ3v) is 8.99. The van der Waals surface area contributed by atoms with Gasteiger partial charge in [0, 0.05) is 18.7 Å². The van der Waals surface area contributed by atoms with Crippen molar-refractivity contribution in [1.29, 1.82) is 0 Å². The Labute approximate surface area is 214 Å². The predicted octanol–water partition coefficient (Wildman–Crippen LogP) is 4.91. The Morgan fingerprint density at radius 3 is 2.66 bits per heavy atom. The second kappa shape index (κ2) is 12.9. The summed E-state index contributed by atoms with van der Waals surface area (Å²) in [6.45, 7) is 6.54. The number of thioether (sulfide) groups is 1. The van der Waals surface area contributed by atoms with Crippen LogP contribution in [0.4, 0.5) is 5.69 Å². The molecule has 11 heteroatoms. The van der Waals surface area contributed by atoms with Crippen LogP contribution in [0.1, 0.15) is 39.0 Å². The van der Waals surface area contributed by atoms with Crippen molar-refractivity contribution in [3.63, 3.8) is 0 Å². The van der Waals surface area contributed by atoms with E-state index in [0.717, 1.165) is 41.7 Å². The van der Waals surface area contributed by atoms with Crippen molar-refractivity contribution in [2.45, 2.75) is 48.5 Å². The van der Waals surface area contributed by atoms with Gasteiger partial charge >= 0.3 is 0 Å². The monoisotopic (exact) mass is 535 g/mol. The van der Waals surface area contributed by atoms with Gasteiger partial charge in [0.1, 0.15) is 15.2 Å². The molecule has 188 valence electrons. The average Bonchev–Trinajstić information content (AvgIpc) is 3.46. The molecule has 2 amide bonds. The van der Waals surface area contributed by atoms with Gasteiger partial charge in [-0.05, 0) is 42.1 Å². The van der Waals surface area contributed by atoms with Crippen LogP contribution in [0.2, 0.25) is 0 Å². The van der Waals surface area contributed by atoms with E-state index in [1.165, 1.54) is 29.9 Å². The molecule has 3 rings (SSSR count). The molecule has 2 heterocycles. The van der Waals surface area contributed by atoms with Crippen LogP contribution < -0.4 is 10.1 Å². The number of benzene rings is 1. The van der Waals surface area contributed by atoms with Crippen molar-refractivity contribution < 1.29 is 22.7 Å².